The van der Waals surface area contributed by atoms with Crippen molar-refractivity contribution in [3.63, 3.8) is 0 Å². The van der Waals surface area contributed by atoms with Gasteiger partial charge in [-0.3, -0.25) is 14.4 Å². The maximum absolute atomic E-state index is 11.9. The Morgan fingerprint density at radius 1 is 1.10 bits per heavy atom. The molecule has 0 aliphatic rings. The highest BCUT2D eigenvalue weighted by molar-refractivity contribution is 6.46. The first kappa shape index (κ1) is 14.5. The molecule has 2 rings (SSSR count). The molecule has 0 aliphatic heterocycles. The predicted molar refractivity (Wildman–Crippen MR) is 77.8 cm³/mol. The number of nitrogens with one attached hydrogen (secondary N) is 1. The van der Waals surface area contributed by atoms with E-state index in [0.29, 0.717) is 12.0 Å². The third-order valence-electron chi connectivity index (χ3n) is 2.88. The van der Waals surface area contributed by atoms with Crippen molar-refractivity contribution in [2.24, 2.45) is 0 Å². The molecule has 0 atom stereocenters. The highest BCUT2D eigenvalue weighted by atomic mass is 16.5. The Kier molecular flexibility index (Phi) is 4.46. The van der Waals surface area contributed by atoms with Crippen LogP contribution in [0.5, 0.6) is 5.75 Å². The van der Waals surface area contributed by atoms with Crippen LogP contribution in [0.25, 0.3) is 0 Å². The molecule has 5 heteroatoms. The fourth-order valence-electron chi connectivity index (χ4n) is 1.78. The molecule has 0 heterocycles. The maximum atomic E-state index is 11.9. The molecule has 0 spiro atoms. The molecule has 2 aromatic rings. The van der Waals surface area contributed by atoms with Gasteiger partial charge in [-0.2, -0.15) is 0 Å². The van der Waals surface area contributed by atoms with Crippen LogP contribution < -0.4 is 10.1 Å². The Labute approximate surface area is 121 Å². The number of ether oxygens (including phenoxy) is 1. The van der Waals surface area contributed by atoms with Crippen molar-refractivity contribution < 1.29 is 19.1 Å². The SMILES string of the molecule is COc1ccc(NC(=O)C(=O)c2ccccc2)c(C=O)c1. The first-order chi connectivity index (χ1) is 10.2. The summed E-state index contributed by atoms with van der Waals surface area (Å²) in [6.45, 7) is 0. The number of benzene rings is 2. The number of amides is 1. The predicted octanol–water partition coefficient (Wildman–Crippen LogP) is 2.33. The summed E-state index contributed by atoms with van der Waals surface area (Å²) in [7, 11) is 1.47. The number of hydrogen-bond acceptors (Lipinski definition) is 4. The van der Waals surface area contributed by atoms with Gasteiger partial charge in [-0.05, 0) is 18.2 Å². The van der Waals surface area contributed by atoms with Crippen molar-refractivity contribution in [2.45, 2.75) is 0 Å². The molecule has 2 aromatic carbocycles. The van der Waals surface area contributed by atoms with E-state index in [1.165, 1.54) is 19.2 Å². The number of aldehydes is 1. The summed E-state index contributed by atoms with van der Waals surface area (Å²) in [5.41, 5.74) is 0.791. The van der Waals surface area contributed by atoms with E-state index < -0.39 is 11.7 Å². The highest BCUT2D eigenvalue weighted by Crippen LogP contribution is 2.20. The third kappa shape index (κ3) is 3.33. The molecule has 0 aliphatic carbocycles. The number of hydrogen-bond donors (Lipinski definition) is 1. The summed E-state index contributed by atoms with van der Waals surface area (Å²) in [5.74, 6) is -0.970. The molecule has 106 valence electrons. The number of carbonyl (C=O) groups is 3. The van der Waals surface area contributed by atoms with Gasteiger partial charge in [0.2, 0.25) is 0 Å². The molecular formula is C16H13NO4. The zero-order valence-corrected chi connectivity index (χ0v) is 11.3. The second kappa shape index (κ2) is 6.47. The Hall–Kier alpha value is -2.95. The highest BCUT2D eigenvalue weighted by Gasteiger charge is 2.17. The molecule has 0 saturated heterocycles. The summed E-state index contributed by atoms with van der Waals surface area (Å²) in [5, 5.41) is 2.44. The number of carbonyl (C=O) groups excluding carboxylic acids is 3. The quantitative estimate of drug-likeness (QED) is 0.519. The Morgan fingerprint density at radius 2 is 1.81 bits per heavy atom. The summed E-state index contributed by atoms with van der Waals surface area (Å²) in [4.78, 5) is 34.9. The molecular weight excluding hydrogens is 270 g/mol. The summed E-state index contributed by atoms with van der Waals surface area (Å²) < 4.78 is 4.99. The Balaban J connectivity index is 2.20. The monoisotopic (exact) mass is 283 g/mol. The number of methoxy groups -OCH3 is 1. The normalized spacial score (nSPS) is 9.76. The summed E-state index contributed by atoms with van der Waals surface area (Å²) in [6.07, 6.45) is 0.588. The zero-order valence-electron chi connectivity index (χ0n) is 11.3. The van der Waals surface area contributed by atoms with Crippen molar-refractivity contribution in [2.75, 3.05) is 12.4 Å². The van der Waals surface area contributed by atoms with E-state index in [2.05, 4.69) is 5.32 Å². The molecule has 0 saturated carbocycles. The number of rotatable bonds is 5. The van der Waals surface area contributed by atoms with E-state index >= 15 is 0 Å². The lowest BCUT2D eigenvalue weighted by Crippen LogP contribution is -2.23. The molecule has 0 aromatic heterocycles. The minimum absolute atomic E-state index is 0.239. The lowest BCUT2D eigenvalue weighted by molar-refractivity contribution is -0.112. The van der Waals surface area contributed by atoms with Gasteiger partial charge in [0.25, 0.3) is 11.7 Å². The van der Waals surface area contributed by atoms with Gasteiger partial charge in [-0.1, -0.05) is 30.3 Å². The summed E-state index contributed by atoms with van der Waals surface area (Å²) >= 11 is 0. The molecule has 1 N–H and O–H groups in total. The van der Waals surface area contributed by atoms with Gasteiger partial charge in [0.1, 0.15) is 5.75 Å². The van der Waals surface area contributed by atoms with E-state index in [4.69, 9.17) is 4.74 Å². The summed E-state index contributed by atoms with van der Waals surface area (Å²) in [6, 6.07) is 12.8. The first-order valence-corrected chi connectivity index (χ1v) is 6.19. The van der Waals surface area contributed by atoms with Crippen LogP contribution in [0, 0.1) is 0 Å². The van der Waals surface area contributed by atoms with Gasteiger partial charge in [-0.25, -0.2) is 0 Å². The minimum Gasteiger partial charge on any atom is -0.497 e. The first-order valence-electron chi connectivity index (χ1n) is 6.19. The standard InChI is InChI=1S/C16H13NO4/c1-21-13-7-8-14(12(9-13)10-18)17-16(20)15(19)11-5-3-2-4-6-11/h2-10H,1H3,(H,17,20). The van der Waals surface area contributed by atoms with Gasteiger partial charge in [-0.15, -0.1) is 0 Å². The van der Waals surface area contributed by atoms with Crippen LogP contribution in [0.2, 0.25) is 0 Å². The van der Waals surface area contributed by atoms with Gasteiger partial charge >= 0.3 is 0 Å². The molecule has 0 fully saturated rings. The minimum atomic E-state index is -0.797. The smallest absolute Gasteiger partial charge is 0.296 e. The van der Waals surface area contributed by atoms with E-state index in [1.807, 2.05) is 0 Å². The zero-order chi connectivity index (χ0) is 15.2. The number of Topliss-reactive ketones (excluding diaryl/α,β-unsaturated/α-hetero) is 1. The van der Waals surface area contributed by atoms with Crippen molar-refractivity contribution in [1.82, 2.24) is 0 Å². The molecule has 0 bridgehead atoms. The molecule has 21 heavy (non-hydrogen) atoms. The second-order valence-corrected chi connectivity index (χ2v) is 4.22. The van der Waals surface area contributed by atoms with E-state index in [0.717, 1.165) is 0 Å². The molecule has 0 unspecified atom stereocenters. The van der Waals surface area contributed by atoms with Gasteiger partial charge in [0.05, 0.1) is 12.8 Å². The van der Waals surface area contributed by atoms with Crippen LogP contribution in [-0.2, 0) is 4.79 Å². The Bertz CT molecular complexity index is 680. The van der Waals surface area contributed by atoms with Crippen LogP contribution >= 0.6 is 0 Å². The molecule has 0 radical (unpaired) electrons. The van der Waals surface area contributed by atoms with Crippen molar-refractivity contribution in [1.29, 1.82) is 0 Å². The second-order valence-electron chi connectivity index (χ2n) is 4.22. The van der Waals surface area contributed by atoms with E-state index in [-0.39, 0.29) is 16.8 Å². The molecule has 1 amide bonds. The van der Waals surface area contributed by atoms with Crippen LogP contribution in [0.15, 0.2) is 48.5 Å². The van der Waals surface area contributed by atoms with Gasteiger partial charge < -0.3 is 10.1 Å². The van der Waals surface area contributed by atoms with Crippen LogP contribution in [0.1, 0.15) is 20.7 Å². The average Bonchev–Trinajstić information content (AvgIpc) is 2.55. The number of anilines is 1. The van der Waals surface area contributed by atoms with Gasteiger partial charge in [0, 0.05) is 11.1 Å². The van der Waals surface area contributed by atoms with Crippen molar-refractivity contribution in [3.05, 3.63) is 59.7 Å². The van der Waals surface area contributed by atoms with E-state index in [9.17, 15) is 14.4 Å². The van der Waals surface area contributed by atoms with Crippen LogP contribution in [0.3, 0.4) is 0 Å². The Morgan fingerprint density at radius 3 is 2.43 bits per heavy atom. The lowest BCUT2D eigenvalue weighted by atomic mass is 10.1. The van der Waals surface area contributed by atoms with Crippen molar-refractivity contribution >= 4 is 23.7 Å². The molecule has 5 nitrogen and oxygen atoms in total. The van der Waals surface area contributed by atoms with Crippen molar-refractivity contribution in [3.8, 4) is 5.75 Å². The van der Waals surface area contributed by atoms with E-state index in [1.54, 1.807) is 36.4 Å². The largest absolute Gasteiger partial charge is 0.497 e. The van der Waals surface area contributed by atoms with Crippen LogP contribution in [0.4, 0.5) is 5.69 Å². The number of ketones is 1. The fraction of sp³-hybridized carbons (Fsp3) is 0.0625. The average molecular weight is 283 g/mol. The maximum Gasteiger partial charge on any atom is 0.296 e. The lowest BCUT2D eigenvalue weighted by Gasteiger charge is -2.08. The van der Waals surface area contributed by atoms with Gasteiger partial charge in [0.15, 0.2) is 6.29 Å². The third-order valence-corrected chi connectivity index (χ3v) is 2.88. The van der Waals surface area contributed by atoms with Crippen LogP contribution in [-0.4, -0.2) is 25.1 Å². The fourth-order valence-corrected chi connectivity index (χ4v) is 1.78. The topological polar surface area (TPSA) is 72.5 Å².